The number of piperazine rings is 1. The Morgan fingerprint density at radius 1 is 1.29 bits per heavy atom. The third-order valence-corrected chi connectivity index (χ3v) is 3.51. The van der Waals surface area contributed by atoms with Crippen LogP contribution < -0.4 is 10.2 Å². The van der Waals surface area contributed by atoms with Crippen LogP contribution in [0, 0.1) is 10.1 Å². The molecule has 0 radical (unpaired) electrons. The Balaban J connectivity index is 2.41. The molecule has 0 amide bonds. The van der Waals surface area contributed by atoms with E-state index in [0.29, 0.717) is 19.2 Å². The van der Waals surface area contributed by atoms with Crippen LogP contribution in [0.1, 0.15) is 19.4 Å². The van der Waals surface area contributed by atoms with Gasteiger partial charge in [-0.15, -0.1) is 0 Å². The molecule has 2 N–H and O–H groups in total. The van der Waals surface area contributed by atoms with E-state index in [0.717, 1.165) is 6.07 Å². The molecule has 1 fully saturated rings. The molecule has 21 heavy (non-hydrogen) atoms. The van der Waals surface area contributed by atoms with Gasteiger partial charge in [-0.25, -0.2) is 0 Å². The summed E-state index contributed by atoms with van der Waals surface area (Å²) in [6, 6.07) is 3.18. The van der Waals surface area contributed by atoms with Crippen molar-refractivity contribution in [2.24, 2.45) is 0 Å². The van der Waals surface area contributed by atoms with Crippen LogP contribution in [0.15, 0.2) is 18.2 Å². The number of nitro groups is 1. The number of hydrogen-bond donors (Lipinski definition) is 1. The van der Waals surface area contributed by atoms with Crippen molar-refractivity contribution < 1.29 is 23.4 Å². The maximum atomic E-state index is 12.7. The van der Waals surface area contributed by atoms with Crippen molar-refractivity contribution in [3.8, 4) is 0 Å². The number of nitrogens with two attached hydrogens (primary N) is 1. The Hall–Kier alpha value is -1.83. The van der Waals surface area contributed by atoms with Crippen LogP contribution in [0.2, 0.25) is 0 Å². The molecule has 0 saturated carbocycles. The molecule has 0 bridgehead atoms. The average molecular weight is 304 g/mol. The Bertz CT molecular complexity index is 538. The molecule has 2 atom stereocenters. The third kappa shape index (κ3) is 3.44. The highest BCUT2D eigenvalue weighted by Gasteiger charge is 2.35. The molecule has 0 spiro atoms. The summed E-state index contributed by atoms with van der Waals surface area (Å²) in [5.74, 6) is 0. The van der Waals surface area contributed by atoms with Crippen LogP contribution in [0.25, 0.3) is 0 Å². The van der Waals surface area contributed by atoms with Crippen molar-refractivity contribution in [1.82, 2.24) is 0 Å². The summed E-state index contributed by atoms with van der Waals surface area (Å²) in [6.07, 6.45) is -4.58. The second kappa shape index (κ2) is 5.51. The van der Waals surface area contributed by atoms with Crippen LogP contribution in [-0.4, -0.2) is 30.1 Å². The summed E-state index contributed by atoms with van der Waals surface area (Å²) < 4.78 is 38.1. The number of nitro benzene ring substituents is 1. The maximum Gasteiger partial charge on any atom is 0.416 e. The smallest absolute Gasteiger partial charge is 0.354 e. The average Bonchev–Trinajstić information content (AvgIpc) is 2.35. The first-order chi connectivity index (χ1) is 9.68. The minimum absolute atomic E-state index is 0.232. The number of hydrogen-bond acceptors (Lipinski definition) is 3. The highest BCUT2D eigenvalue weighted by Crippen LogP contribution is 2.36. The first kappa shape index (κ1) is 15.6. The molecular formula is C13H17F3N3O2+. The first-order valence-corrected chi connectivity index (χ1v) is 6.64. The molecule has 1 aliphatic rings. The number of alkyl halides is 3. The van der Waals surface area contributed by atoms with Gasteiger partial charge in [-0.1, -0.05) is 0 Å². The molecule has 8 heteroatoms. The standard InChI is InChI=1S/C13H16F3N3O2/c1-8-6-18(7-9(2)17-8)11-4-3-10(13(14,15)16)5-12(11)19(20)21/h3-5,8-9,17H,6-7H2,1-2H3/p+1/t8-,9-/m0/s1. The quantitative estimate of drug-likeness (QED) is 0.669. The Labute approximate surface area is 119 Å². The maximum absolute atomic E-state index is 12.7. The van der Waals surface area contributed by atoms with Crippen LogP contribution in [0.4, 0.5) is 24.5 Å². The second-order valence-electron chi connectivity index (χ2n) is 5.51. The molecule has 0 aliphatic carbocycles. The van der Waals surface area contributed by atoms with Crippen molar-refractivity contribution >= 4 is 11.4 Å². The molecule has 1 heterocycles. The van der Waals surface area contributed by atoms with Gasteiger partial charge < -0.3 is 10.2 Å². The van der Waals surface area contributed by atoms with Crippen LogP contribution in [-0.2, 0) is 6.18 Å². The van der Waals surface area contributed by atoms with Gasteiger partial charge in [-0.2, -0.15) is 13.2 Å². The number of halogens is 3. The van der Waals surface area contributed by atoms with Crippen molar-refractivity contribution in [3.63, 3.8) is 0 Å². The topological polar surface area (TPSA) is 63.0 Å². The van der Waals surface area contributed by atoms with E-state index >= 15 is 0 Å². The van der Waals surface area contributed by atoms with E-state index in [9.17, 15) is 23.3 Å². The zero-order valence-electron chi connectivity index (χ0n) is 11.7. The lowest BCUT2D eigenvalue weighted by molar-refractivity contribution is -0.716. The molecule has 1 saturated heterocycles. The van der Waals surface area contributed by atoms with Crippen molar-refractivity contribution in [2.75, 3.05) is 18.0 Å². The Morgan fingerprint density at radius 2 is 1.86 bits per heavy atom. The fourth-order valence-corrected chi connectivity index (χ4v) is 2.76. The van der Waals surface area contributed by atoms with Crippen LogP contribution in [0.3, 0.4) is 0 Å². The minimum atomic E-state index is -4.58. The van der Waals surface area contributed by atoms with E-state index in [1.165, 1.54) is 6.07 Å². The van der Waals surface area contributed by atoms with E-state index in [4.69, 9.17) is 0 Å². The summed E-state index contributed by atoms with van der Waals surface area (Å²) >= 11 is 0. The SMILES string of the molecule is C[C@H]1CN(c2ccc(C(F)(F)F)cc2[N+](=O)[O-])C[C@H](C)[NH2+]1. The molecule has 1 aromatic carbocycles. The van der Waals surface area contributed by atoms with Gasteiger partial charge in [0.25, 0.3) is 5.69 Å². The van der Waals surface area contributed by atoms with E-state index in [-0.39, 0.29) is 17.8 Å². The van der Waals surface area contributed by atoms with Crippen molar-refractivity contribution in [3.05, 3.63) is 33.9 Å². The lowest BCUT2D eigenvalue weighted by atomic mass is 10.1. The summed E-state index contributed by atoms with van der Waals surface area (Å²) in [5, 5.41) is 13.3. The summed E-state index contributed by atoms with van der Waals surface area (Å²) in [5.41, 5.74) is -1.24. The van der Waals surface area contributed by atoms with Crippen LogP contribution >= 0.6 is 0 Å². The monoisotopic (exact) mass is 304 g/mol. The summed E-state index contributed by atoms with van der Waals surface area (Å²) in [4.78, 5) is 12.1. The zero-order valence-corrected chi connectivity index (χ0v) is 11.7. The zero-order chi connectivity index (χ0) is 15.8. The van der Waals surface area contributed by atoms with E-state index in [1.807, 2.05) is 13.8 Å². The van der Waals surface area contributed by atoms with E-state index < -0.39 is 22.4 Å². The molecular weight excluding hydrogens is 287 g/mol. The predicted octanol–water partition coefficient (Wildman–Crippen LogP) is 1.77. The van der Waals surface area contributed by atoms with Gasteiger partial charge in [0.1, 0.15) is 17.8 Å². The van der Waals surface area contributed by atoms with Gasteiger partial charge in [-0.3, -0.25) is 10.1 Å². The summed E-state index contributed by atoms with van der Waals surface area (Å²) in [6.45, 7) is 5.10. The molecule has 0 unspecified atom stereocenters. The van der Waals surface area contributed by atoms with Gasteiger partial charge in [0.15, 0.2) is 0 Å². The van der Waals surface area contributed by atoms with Crippen molar-refractivity contribution in [1.29, 1.82) is 0 Å². The van der Waals surface area contributed by atoms with Crippen molar-refractivity contribution in [2.45, 2.75) is 32.1 Å². The molecule has 0 aromatic heterocycles. The van der Waals surface area contributed by atoms with Gasteiger partial charge >= 0.3 is 6.18 Å². The number of quaternary nitrogens is 1. The molecule has 1 aliphatic heterocycles. The lowest BCUT2D eigenvalue weighted by Crippen LogP contribution is -2.99. The first-order valence-electron chi connectivity index (χ1n) is 6.64. The fourth-order valence-electron chi connectivity index (χ4n) is 2.76. The van der Waals surface area contributed by atoms with E-state index in [1.54, 1.807) is 4.90 Å². The molecule has 1 aromatic rings. The number of anilines is 1. The van der Waals surface area contributed by atoms with Gasteiger partial charge in [-0.05, 0) is 26.0 Å². The van der Waals surface area contributed by atoms with Crippen LogP contribution in [0.5, 0.6) is 0 Å². The predicted molar refractivity (Wildman–Crippen MR) is 71.2 cm³/mol. The Morgan fingerprint density at radius 3 is 2.33 bits per heavy atom. The largest absolute Gasteiger partial charge is 0.416 e. The van der Waals surface area contributed by atoms with Gasteiger partial charge in [0.2, 0.25) is 0 Å². The highest BCUT2D eigenvalue weighted by molar-refractivity contribution is 5.65. The van der Waals surface area contributed by atoms with Gasteiger partial charge in [0, 0.05) is 6.07 Å². The lowest BCUT2D eigenvalue weighted by Gasteiger charge is -2.34. The highest BCUT2D eigenvalue weighted by atomic mass is 19.4. The summed E-state index contributed by atoms with van der Waals surface area (Å²) in [7, 11) is 0. The third-order valence-electron chi connectivity index (χ3n) is 3.51. The number of nitrogens with zero attached hydrogens (tertiary/aromatic N) is 2. The van der Waals surface area contributed by atoms with Gasteiger partial charge in [0.05, 0.1) is 23.6 Å². The number of rotatable bonds is 2. The Kier molecular flexibility index (Phi) is 4.08. The second-order valence-corrected chi connectivity index (χ2v) is 5.51. The molecule has 116 valence electrons. The number of benzene rings is 1. The normalized spacial score (nSPS) is 23.2. The molecule has 2 rings (SSSR count). The minimum Gasteiger partial charge on any atom is -0.354 e. The van der Waals surface area contributed by atoms with E-state index in [2.05, 4.69) is 5.32 Å². The fraction of sp³-hybridized carbons (Fsp3) is 0.538. The molecule has 5 nitrogen and oxygen atoms in total.